The van der Waals surface area contributed by atoms with Crippen LogP contribution in [0.1, 0.15) is 40.5 Å². The first-order valence-electron chi connectivity index (χ1n) is 5.91. The Balaban J connectivity index is 1.96. The molecule has 0 aliphatic heterocycles. The van der Waals surface area contributed by atoms with Gasteiger partial charge in [0.2, 0.25) is 0 Å². The van der Waals surface area contributed by atoms with E-state index in [2.05, 4.69) is 10.1 Å². The van der Waals surface area contributed by atoms with Crippen molar-refractivity contribution in [2.24, 2.45) is 0 Å². The first-order valence-corrected chi connectivity index (χ1v) is 5.91. The zero-order chi connectivity index (χ0) is 12.7. The van der Waals surface area contributed by atoms with Gasteiger partial charge in [-0.15, -0.1) is 0 Å². The lowest BCUT2D eigenvalue weighted by atomic mass is 10.2. The standard InChI is InChI=1S/C13H13N3O2/c1-8-11(13(17)18)7-15-16(8)10-4-5-12(14-6-10)9-2-3-9/h4-7,9H,2-3H2,1H3,(H,17,18). The van der Waals surface area contributed by atoms with Gasteiger partial charge < -0.3 is 5.11 Å². The molecule has 0 bridgehead atoms. The largest absolute Gasteiger partial charge is 0.478 e. The average Bonchev–Trinajstić information content (AvgIpc) is 3.13. The van der Waals surface area contributed by atoms with Crippen LogP contribution in [0.4, 0.5) is 0 Å². The number of carbonyl (C=O) groups is 1. The summed E-state index contributed by atoms with van der Waals surface area (Å²) < 4.78 is 1.60. The van der Waals surface area contributed by atoms with Crippen LogP contribution in [0.5, 0.6) is 0 Å². The quantitative estimate of drug-likeness (QED) is 0.896. The summed E-state index contributed by atoms with van der Waals surface area (Å²) in [5.41, 5.74) is 2.75. The number of aromatic carboxylic acids is 1. The van der Waals surface area contributed by atoms with Crippen molar-refractivity contribution in [2.75, 3.05) is 0 Å². The van der Waals surface area contributed by atoms with E-state index in [0.717, 1.165) is 11.4 Å². The molecule has 1 aliphatic rings. The van der Waals surface area contributed by atoms with Gasteiger partial charge in [-0.05, 0) is 31.9 Å². The highest BCUT2D eigenvalue weighted by molar-refractivity contribution is 5.88. The first-order chi connectivity index (χ1) is 8.66. The highest BCUT2D eigenvalue weighted by Gasteiger charge is 2.24. The second-order valence-corrected chi connectivity index (χ2v) is 4.58. The average molecular weight is 243 g/mol. The van der Waals surface area contributed by atoms with Gasteiger partial charge in [-0.1, -0.05) is 0 Å². The summed E-state index contributed by atoms with van der Waals surface area (Å²) in [5, 5.41) is 13.1. The minimum atomic E-state index is -0.957. The maximum atomic E-state index is 10.9. The molecule has 1 N–H and O–H groups in total. The molecule has 1 saturated carbocycles. The van der Waals surface area contributed by atoms with Gasteiger partial charge in [0.25, 0.3) is 0 Å². The van der Waals surface area contributed by atoms with E-state index in [1.165, 1.54) is 19.0 Å². The van der Waals surface area contributed by atoms with Crippen LogP contribution in [0.25, 0.3) is 5.69 Å². The van der Waals surface area contributed by atoms with Crippen LogP contribution >= 0.6 is 0 Å². The molecule has 2 aromatic heterocycles. The van der Waals surface area contributed by atoms with Gasteiger partial charge in [0.05, 0.1) is 23.8 Å². The van der Waals surface area contributed by atoms with E-state index in [-0.39, 0.29) is 5.56 Å². The molecule has 0 unspecified atom stereocenters. The lowest BCUT2D eigenvalue weighted by molar-refractivity contribution is 0.0696. The molecule has 0 radical (unpaired) electrons. The van der Waals surface area contributed by atoms with Gasteiger partial charge in [0.1, 0.15) is 5.56 Å². The molecule has 1 aliphatic carbocycles. The Bertz CT molecular complexity index is 597. The highest BCUT2D eigenvalue weighted by Crippen LogP contribution is 2.38. The Kier molecular flexibility index (Phi) is 2.40. The van der Waals surface area contributed by atoms with Crippen molar-refractivity contribution in [2.45, 2.75) is 25.7 Å². The molecule has 3 rings (SSSR count). The molecule has 1 fully saturated rings. The lowest BCUT2D eigenvalue weighted by Crippen LogP contribution is -2.03. The van der Waals surface area contributed by atoms with Crippen molar-refractivity contribution in [3.8, 4) is 5.69 Å². The molecular weight excluding hydrogens is 230 g/mol. The first kappa shape index (κ1) is 11.0. The summed E-state index contributed by atoms with van der Waals surface area (Å²) >= 11 is 0. The summed E-state index contributed by atoms with van der Waals surface area (Å²) in [6, 6.07) is 3.93. The number of nitrogens with zero attached hydrogens (tertiary/aromatic N) is 3. The normalized spacial score (nSPS) is 14.7. The van der Waals surface area contributed by atoms with E-state index >= 15 is 0 Å². The summed E-state index contributed by atoms with van der Waals surface area (Å²) in [4.78, 5) is 15.4. The van der Waals surface area contributed by atoms with Crippen molar-refractivity contribution >= 4 is 5.97 Å². The van der Waals surface area contributed by atoms with Crippen molar-refractivity contribution < 1.29 is 9.90 Å². The Morgan fingerprint density at radius 2 is 2.17 bits per heavy atom. The third kappa shape index (κ3) is 1.77. The molecule has 0 saturated heterocycles. The van der Waals surface area contributed by atoms with E-state index in [0.29, 0.717) is 11.6 Å². The maximum Gasteiger partial charge on any atom is 0.339 e. The van der Waals surface area contributed by atoms with Crippen LogP contribution < -0.4 is 0 Å². The van der Waals surface area contributed by atoms with Crippen LogP contribution in [0.2, 0.25) is 0 Å². The van der Waals surface area contributed by atoms with Crippen molar-refractivity contribution in [3.63, 3.8) is 0 Å². The van der Waals surface area contributed by atoms with Crippen molar-refractivity contribution in [1.82, 2.24) is 14.8 Å². The smallest absolute Gasteiger partial charge is 0.339 e. The third-order valence-corrected chi connectivity index (χ3v) is 3.25. The van der Waals surface area contributed by atoms with Gasteiger partial charge in [0.15, 0.2) is 0 Å². The molecule has 92 valence electrons. The summed E-state index contributed by atoms with van der Waals surface area (Å²) in [6.45, 7) is 1.74. The molecule has 2 aromatic rings. The summed E-state index contributed by atoms with van der Waals surface area (Å²) in [6.07, 6.45) is 5.55. The van der Waals surface area contributed by atoms with Gasteiger partial charge in [-0.3, -0.25) is 4.98 Å². The minimum absolute atomic E-state index is 0.223. The second kappa shape index (κ2) is 3.94. The maximum absolute atomic E-state index is 10.9. The van der Waals surface area contributed by atoms with E-state index in [1.54, 1.807) is 17.8 Å². The fourth-order valence-electron chi connectivity index (χ4n) is 2.02. The fourth-order valence-corrected chi connectivity index (χ4v) is 2.02. The summed E-state index contributed by atoms with van der Waals surface area (Å²) in [5.74, 6) is -0.339. The van der Waals surface area contributed by atoms with Crippen molar-refractivity contribution in [1.29, 1.82) is 0 Å². The summed E-state index contributed by atoms with van der Waals surface area (Å²) in [7, 11) is 0. The molecule has 0 amide bonds. The van der Waals surface area contributed by atoms with Gasteiger partial charge in [-0.25, -0.2) is 9.48 Å². The number of hydrogen-bond acceptors (Lipinski definition) is 3. The number of rotatable bonds is 3. The Morgan fingerprint density at radius 3 is 2.67 bits per heavy atom. The monoisotopic (exact) mass is 243 g/mol. The number of carboxylic acids is 1. The zero-order valence-electron chi connectivity index (χ0n) is 10.00. The third-order valence-electron chi connectivity index (χ3n) is 3.25. The van der Waals surface area contributed by atoms with Crippen LogP contribution in [-0.2, 0) is 0 Å². The highest BCUT2D eigenvalue weighted by atomic mass is 16.4. The molecule has 0 atom stereocenters. The van der Waals surface area contributed by atoms with E-state index in [1.807, 2.05) is 12.1 Å². The zero-order valence-corrected chi connectivity index (χ0v) is 10.00. The van der Waals surface area contributed by atoms with Crippen LogP contribution in [0, 0.1) is 6.92 Å². The van der Waals surface area contributed by atoms with Crippen molar-refractivity contribution in [3.05, 3.63) is 41.5 Å². The van der Waals surface area contributed by atoms with E-state index < -0.39 is 5.97 Å². The number of aromatic nitrogens is 3. The van der Waals surface area contributed by atoms with Crippen LogP contribution in [0.3, 0.4) is 0 Å². The van der Waals surface area contributed by atoms with E-state index in [4.69, 9.17) is 5.11 Å². The minimum Gasteiger partial charge on any atom is -0.478 e. The fraction of sp³-hybridized carbons (Fsp3) is 0.308. The molecule has 0 aromatic carbocycles. The molecule has 5 heteroatoms. The Hall–Kier alpha value is -2.17. The van der Waals surface area contributed by atoms with E-state index in [9.17, 15) is 4.79 Å². The predicted octanol–water partition coefficient (Wildman–Crippen LogP) is 2.15. The SMILES string of the molecule is Cc1c(C(=O)O)cnn1-c1ccc(C2CC2)nc1. The Labute approximate surface area is 104 Å². The molecule has 18 heavy (non-hydrogen) atoms. The number of pyridine rings is 1. The van der Waals surface area contributed by atoms with Gasteiger partial charge in [-0.2, -0.15) is 5.10 Å². The van der Waals surface area contributed by atoms with Crippen LogP contribution in [-0.4, -0.2) is 25.8 Å². The topological polar surface area (TPSA) is 68.0 Å². The Morgan fingerprint density at radius 1 is 1.39 bits per heavy atom. The predicted molar refractivity (Wildman–Crippen MR) is 65.0 cm³/mol. The lowest BCUT2D eigenvalue weighted by Gasteiger charge is -2.05. The van der Waals surface area contributed by atoms with Crippen LogP contribution in [0.15, 0.2) is 24.5 Å². The molecule has 2 heterocycles. The molecule has 0 spiro atoms. The second-order valence-electron chi connectivity index (χ2n) is 4.58. The van der Waals surface area contributed by atoms with Gasteiger partial charge >= 0.3 is 5.97 Å². The molecule has 5 nitrogen and oxygen atoms in total. The van der Waals surface area contributed by atoms with Gasteiger partial charge in [0, 0.05) is 11.6 Å². The molecular formula is C13H13N3O2. The number of carboxylic acid groups (broad SMARTS) is 1. The number of hydrogen-bond donors (Lipinski definition) is 1.